The zero-order valence-corrected chi connectivity index (χ0v) is 12.6. The maximum atomic E-state index is 4.39. The van der Waals surface area contributed by atoms with Crippen LogP contribution in [-0.2, 0) is 0 Å². The van der Waals surface area contributed by atoms with Crippen LogP contribution < -0.4 is 10.2 Å². The second kappa shape index (κ2) is 5.30. The SMILES string of the molecule is Cc1cc(N2CCCC(CNC3CC3)C2)n2ncnc2c1. The second-order valence-electron chi connectivity index (χ2n) is 6.56. The van der Waals surface area contributed by atoms with Crippen molar-refractivity contribution in [1.29, 1.82) is 0 Å². The van der Waals surface area contributed by atoms with Crippen LogP contribution >= 0.6 is 0 Å². The van der Waals surface area contributed by atoms with E-state index in [4.69, 9.17) is 0 Å². The van der Waals surface area contributed by atoms with E-state index in [0.717, 1.165) is 37.2 Å². The molecule has 0 spiro atoms. The molecule has 0 radical (unpaired) electrons. The Kier molecular flexibility index (Phi) is 3.30. The lowest BCUT2D eigenvalue weighted by molar-refractivity contribution is 0.388. The van der Waals surface area contributed by atoms with E-state index in [0.29, 0.717) is 0 Å². The topological polar surface area (TPSA) is 45.5 Å². The molecule has 0 amide bonds. The van der Waals surface area contributed by atoms with Crippen LogP contribution in [0.3, 0.4) is 0 Å². The monoisotopic (exact) mass is 285 g/mol. The summed E-state index contributed by atoms with van der Waals surface area (Å²) in [5.41, 5.74) is 2.20. The normalized spacial score (nSPS) is 22.9. The van der Waals surface area contributed by atoms with Crippen molar-refractivity contribution < 1.29 is 0 Å². The van der Waals surface area contributed by atoms with Crippen LogP contribution in [0.15, 0.2) is 18.5 Å². The van der Waals surface area contributed by atoms with Gasteiger partial charge in [-0.15, -0.1) is 0 Å². The number of anilines is 1. The van der Waals surface area contributed by atoms with Gasteiger partial charge in [-0.3, -0.25) is 0 Å². The molecule has 112 valence electrons. The quantitative estimate of drug-likeness (QED) is 0.933. The van der Waals surface area contributed by atoms with Crippen molar-refractivity contribution in [2.24, 2.45) is 5.92 Å². The Balaban J connectivity index is 1.54. The zero-order valence-electron chi connectivity index (χ0n) is 12.6. The van der Waals surface area contributed by atoms with Gasteiger partial charge in [0.2, 0.25) is 0 Å². The van der Waals surface area contributed by atoms with Gasteiger partial charge in [0.05, 0.1) is 0 Å². The fraction of sp³-hybridized carbons (Fsp3) is 0.625. The van der Waals surface area contributed by atoms with Gasteiger partial charge in [0.25, 0.3) is 0 Å². The van der Waals surface area contributed by atoms with Gasteiger partial charge in [0.15, 0.2) is 5.65 Å². The first-order chi connectivity index (χ1) is 10.3. The minimum atomic E-state index is 0.749. The Bertz CT molecular complexity index is 631. The molecular formula is C16H23N5. The molecule has 5 nitrogen and oxygen atoms in total. The average Bonchev–Trinajstić information content (AvgIpc) is 3.21. The van der Waals surface area contributed by atoms with Crippen molar-refractivity contribution in [3.8, 4) is 0 Å². The first-order valence-corrected chi connectivity index (χ1v) is 8.08. The predicted molar refractivity (Wildman–Crippen MR) is 83.7 cm³/mol. The Morgan fingerprint density at radius 2 is 2.19 bits per heavy atom. The summed E-state index contributed by atoms with van der Waals surface area (Å²) in [6, 6.07) is 5.13. The third-order valence-corrected chi connectivity index (χ3v) is 4.62. The minimum absolute atomic E-state index is 0.749. The smallest absolute Gasteiger partial charge is 0.157 e. The highest BCUT2D eigenvalue weighted by atomic mass is 15.4. The van der Waals surface area contributed by atoms with Gasteiger partial charge in [0.1, 0.15) is 12.1 Å². The van der Waals surface area contributed by atoms with Gasteiger partial charge in [-0.05, 0) is 62.8 Å². The van der Waals surface area contributed by atoms with Crippen LogP contribution in [0.4, 0.5) is 5.82 Å². The Morgan fingerprint density at radius 3 is 3.05 bits per heavy atom. The number of hydrogen-bond donors (Lipinski definition) is 1. The highest BCUT2D eigenvalue weighted by Crippen LogP contribution is 2.25. The van der Waals surface area contributed by atoms with E-state index in [2.05, 4.69) is 39.4 Å². The number of aromatic nitrogens is 3. The summed E-state index contributed by atoms with van der Waals surface area (Å²) >= 11 is 0. The molecular weight excluding hydrogens is 262 g/mol. The first kappa shape index (κ1) is 13.1. The highest BCUT2D eigenvalue weighted by molar-refractivity contribution is 5.53. The minimum Gasteiger partial charge on any atom is -0.356 e. The van der Waals surface area contributed by atoms with Crippen LogP contribution in [0.1, 0.15) is 31.2 Å². The summed E-state index contributed by atoms with van der Waals surface area (Å²) in [4.78, 5) is 6.82. The Hall–Kier alpha value is -1.62. The van der Waals surface area contributed by atoms with Gasteiger partial charge in [-0.25, -0.2) is 4.98 Å². The molecule has 1 atom stereocenters. The molecule has 0 aromatic carbocycles. The van der Waals surface area contributed by atoms with E-state index in [1.165, 1.54) is 37.1 Å². The third kappa shape index (κ3) is 2.75. The van der Waals surface area contributed by atoms with Gasteiger partial charge in [0, 0.05) is 19.1 Å². The molecule has 1 aliphatic carbocycles. The molecule has 0 bridgehead atoms. The van der Waals surface area contributed by atoms with Gasteiger partial charge in [-0.2, -0.15) is 9.61 Å². The van der Waals surface area contributed by atoms with Gasteiger partial charge >= 0.3 is 0 Å². The van der Waals surface area contributed by atoms with Crippen LogP contribution in [0, 0.1) is 12.8 Å². The summed E-state index contributed by atoms with van der Waals surface area (Å²) in [5, 5.41) is 8.07. The average molecular weight is 285 g/mol. The number of pyridine rings is 1. The predicted octanol–water partition coefficient (Wildman–Crippen LogP) is 2.01. The zero-order chi connectivity index (χ0) is 14.2. The lowest BCUT2D eigenvalue weighted by atomic mass is 9.98. The van der Waals surface area contributed by atoms with Crippen molar-refractivity contribution in [3.63, 3.8) is 0 Å². The van der Waals surface area contributed by atoms with E-state index in [1.54, 1.807) is 6.33 Å². The standard InChI is InChI=1S/C16H23N5/c1-12-7-15-18-11-19-21(15)16(8-12)20-6-2-3-13(10-20)9-17-14-4-5-14/h7-8,11,13-14,17H,2-6,9-10H2,1H3. The van der Waals surface area contributed by atoms with Crippen molar-refractivity contribution in [3.05, 3.63) is 24.0 Å². The molecule has 2 fully saturated rings. The Morgan fingerprint density at radius 1 is 1.29 bits per heavy atom. The number of rotatable bonds is 4. The number of nitrogens with zero attached hydrogens (tertiary/aromatic N) is 4. The van der Waals surface area contributed by atoms with Crippen molar-refractivity contribution in [2.75, 3.05) is 24.5 Å². The molecule has 4 rings (SSSR count). The summed E-state index contributed by atoms with van der Waals surface area (Å²) in [6.07, 6.45) is 6.99. The largest absolute Gasteiger partial charge is 0.356 e. The van der Waals surface area contributed by atoms with Crippen LogP contribution in [-0.4, -0.2) is 40.3 Å². The first-order valence-electron chi connectivity index (χ1n) is 8.08. The number of fused-ring (bicyclic) bond motifs is 1. The maximum absolute atomic E-state index is 4.39. The molecule has 2 aliphatic rings. The van der Waals surface area contributed by atoms with E-state index in [-0.39, 0.29) is 0 Å². The van der Waals surface area contributed by atoms with Crippen molar-refractivity contribution in [1.82, 2.24) is 19.9 Å². The van der Waals surface area contributed by atoms with Gasteiger partial charge < -0.3 is 10.2 Å². The van der Waals surface area contributed by atoms with Crippen LogP contribution in [0.25, 0.3) is 5.65 Å². The molecule has 1 saturated heterocycles. The van der Waals surface area contributed by atoms with Gasteiger partial charge in [-0.1, -0.05) is 0 Å². The third-order valence-electron chi connectivity index (χ3n) is 4.62. The molecule has 1 unspecified atom stereocenters. The summed E-state index contributed by atoms with van der Waals surface area (Å²) in [5.74, 6) is 1.94. The molecule has 2 aromatic heterocycles. The lowest BCUT2D eigenvalue weighted by Gasteiger charge is -2.34. The summed E-state index contributed by atoms with van der Waals surface area (Å²) < 4.78 is 1.98. The number of piperidine rings is 1. The number of hydrogen-bond acceptors (Lipinski definition) is 4. The van der Waals surface area contributed by atoms with E-state index in [1.807, 2.05) is 4.52 Å². The maximum Gasteiger partial charge on any atom is 0.157 e. The number of aryl methyl sites for hydroxylation is 1. The highest BCUT2D eigenvalue weighted by Gasteiger charge is 2.25. The lowest BCUT2D eigenvalue weighted by Crippen LogP contribution is -2.41. The molecule has 21 heavy (non-hydrogen) atoms. The fourth-order valence-corrected chi connectivity index (χ4v) is 3.32. The van der Waals surface area contributed by atoms with Crippen molar-refractivity contribution in [2.45, 2.75) is 38.6 Å². The van der Waals surface area contributed by atoms with Crippen molar-refractivity contribution >= 4 is 11.5 Å². The number of nitrogens with one attached hydrogen (secondary N) is 1. The van der Waals surface area contributed by atoms with Crippen LogP contribution in [0.5, 0.6) is 0 Å². The molecule has 3 heterocycles. The summed E-state index contributed by atoms with van der Waals surface area (Å²) in [6.45, 7) is 5.54. The molecule has 1 N–H and O–H groups in total. The second-order valence-corrected chi connectivity index (χ2v) is 6.56. The molecule has 1 aliphatic heterocycles. The van der Waals surface area contributed by atoms with E-state index >= 15 is 0 Å². The molecule has 2 aromatic rings. The van der Waals surface area contributed by atoms with E-state index in [9.17, 15) is 0 Å². The van der Waals surface area contributed by atoms with Crippen LogP contribution in [0.2, 0.25) is 0 Å². The van der Waals surface area contributed by atoms with E-state index < -0.39 is 0 Å². The Labute approximate surface area is 125 Å². The fourth-order valence-electron chi connectivity index (χ4n) is 3.32. The summed E-state index contributed by atoms with van der Waals surface area (Å²) in [7, 11) is 0. The molecule has 1 saturated carbocycles. The molecule has 5 heteroatoms.